The summed E-state index contributed by atoms with van der Waals surface area (Å²) in [5, 5.41) is 10.3. The standard InChI is InChI=1S/C16H17FO3/c1-19-15-5-3-4-13(16(15)20-2)14(18)10-11-6-8-12(17)9-7-11/h3-9,14,18H,10H2,1-2H3. The van der Waals surface area contributed by atoms with Crippen LogP contribution in [0.5, 0.6) is 11.5 Å². The number of halogens is 1. The third-order valence-electron chi connectivity index (χ3n) is 3.13. The number of aliphatic hydroxyl groups excluding tert-OH is 1. The first-order valence-electron chi connectivity index (χ1n) is 6.29. The van der Waals surface area contributed by atoms with E-state index in [4.69, 9.17) is 9.47 Å². The zero-order chi connectivity index (χ0) is 14.5. The Balaban J connectivity index is 2.24. The van der Waals surface area contributed by atoms with Gasteiger partial charge in [-0.25, -0.2) is 4.39 Å². The molecule has 0 bridgehead atoms. The van der Waals surface area contributed by atoms with Crippen LogP contribution < -0.4 is 9.47 Å². The molecule has 0 saturated heterocycles. The Morgan fingerprint density at radius 2 is 1.75 bits per heavy atom. The maximum Gasteiger partial charge on any atom is 0.166 e. The van der Waals surface area contributed by atoms with E-state index < -0.39 is 6.10 Å². The van der Waals surface area contributed by atoms with Crippen molar-refractivity contribution in [3.05, 3.63) is 59.4 Å². The fourth-order valence-electron chi connectivity index (χ4n) is 2.13. The van der Waals surface area contributed by atoms with E-state index in [9.17, 15) is 9.50 Å². The average Bonchev–Trinajstić information content (AvgIpc) is 2.48. The van der Waals surface area contributed by atoms with Crippen LogP contribution in [0.15, 0.2) is 42.5 Å². The van der Waals surface area contributed by atoms with Gasteiger partial charge in [-0.05, 0) is 23.8 Å². The van der Waals surface area contributed by atoms with Gasteiger partial charge < -0.3 is 14.6 Å². The number of rotatable bonds is 5. The molecule has 4 heteroatoms. The Bertz CT molecular complexity index is 566. The second-order valence-electron chi connectivity index (χ2n) is 4.43. The molecule has 0 fully saturated rings. The third-order valence-corrected chi connectivity index (χ3v) is 3.13. The quantitative estimate of drug-likeness (QED) is 0.912. The summed E-state index contributed by atoms with van der Waals surface area (Å²) >= 11 is 0. The minimum atomic E-state index is -0.745. The van der Waals surface area contributed by atoms with E-state index in [-0.39, 0.29) is 5.82 Å². The molecule has 3 nitrogen and oxygen atoms in total. The smallest absolute Gasteiger partial charge is 0.166 e. The molecule has 20 heavy (non-hydrogen) atoms. The molecule has 2 rings (SSSR count). The molecule has 1 unspecified atom stereocenters. The maximum atomic E-state index is 12.9. The predicted molar refractivity (Wildman–Crippen MR) is 74.6 cm³/mol. The zero-order valence-corrected chi connectivity index (χ0v) is 11.5. The molecule has 0 heterocycles. The largest absolute Gasteiger partial charge is 0.493 e. The lowest BCUT2D eigenvalue weighted by molar-refractivity contribution is 0.173. The summed E-state index contributed by atoms with van der Waals surface area (Å²) in [7, 11) is 3.08. The molecule has 0 saturated carbocycles. The summed E-state index contributed by atoms with van der Waals surface area (Å²) in [6, 6.07) is 11.4. The Morgan fingerprint density at radius 1 is 1.05 bits per heavy atom. The summed E-state index contributed by atoms with van der Waals surface area (Å²) < 4.78 is 23.4. The maximum absolute atomic E-state index is 12.9. The highest BCUT2D eigenvalue weighted by Gasteiger charge is 2.17. The van der Waals surface area contributed by atoms with E-state index in [2.05, 4.69) is 0 Å². The SMILES string of the molecule is COc1cccc(C(O)Cc2ccc(F)cc2)c1OC. The molecule has 0 radical (unpaired) electrons. The Hall–Kier alpha value is -2.07. The molecule has 0 amide bonds. The van der Waals surface area contributed by atoms with Crippen LogP contribution in [-0.4, -0.2) is 19.3 Å². The number of benzene rings is 2. The van der Waals surface area contributed by atoms with Crippen LogP contribution in [0.25, 0.3) is 0 Å². The van der Waals surface area contributed by atoms with Gasteiger partial charge in [0.1, 0.15) is 5.82 Å². The van der Waals surface area contributed by atoms with E-state index in [1.807, 2.05) is 0 Å². The van der Waals surface area contributed by atoms with Crippen molar-refractivity contribution in [2.45, 2.75) is 12.5 Å². The number of hydrogen-bond acceptors (Lipinski definition) is 3. The molecular formula is C16H17FO3. The first-order valence-corrected chi connectivity index (χ1v) is 6.29. The van der Waals surface area contributed by atoms with E-state index in [0.717, 1.165) is 5.56 Å². The van der Waals surface area contributed by atoms with E-state index in [1.165, 1.54) is 19.2 Å². The van der Waals surface area contributed by atoms with Gasteiger partial charge in [-0.15, -0.1) is 0 Å². The van der Waals surface area contributed by atoms with Crippen molar-refractivity contribution in [3.8, 4) is 11.5 Å². The first-order chi connectivity index (χ1) is 9.65. The number of ether oxygens (including phenoxy) is 2. The zero-order valence-electron chi connectivity index (χ0n) is 11.5. The molecule has 2 aromatic rings. The van der Waals surface area contributed by atoms with Gasteiger partial charge in [0, 0.05) is 12.0 Å². The number of para-hydroxylation sites is 1. The van der Waals surface area contributed by atoms with Crippen LogP contribution >= 0.6 is 0 Å². The summed E-state index contributed by atoms with van der Waals surface area (Å²) in [4.78, 5) is 0. The molecule has 0 aliphatic carbocycles. The van der Waals surface area contributed by atoms with E-state index in [0.29, 0.717) is 23.5 Å². The predicted octanol–water partition coefficient (Wildman–Crippen LogP) is 3.12. The lowest BCUT2D eigenvalue weighted by Crippen LogP contribution is -2.05. The fourth-order valence-corrected chi connectivity index (χ4v) is 2.13. The minimum Gasteiger partial charge on any atom is -0.493 e. The number of methoxy groups -OCH3 is 2. The normalized spacial score (nSPS) is 12.0. The highest BCUT2D eigenvalue weighted by atomic mass is 19.1. The first kappa shape index (κ1) is 14.3. The Morgan fingerprint density at radius 3 is 2.35 bits per heavy atom. The third kappa shape index (κ3) is 3.08. The summed E-state index contributed by atoms with van der Waals surface area (Å²) in [5.41, 5.74) is 1.50. The Kier molecular flexibility index (Phi) is 4.58. The van der Waals surface area contributed by atoms with Crippen molar-refractivity contribution in [2.75, 3.05) is 14.2 Å². The van der Waals surface area contributed by atoms with Crippen LogP contribution in [0.2, 0.25) is 0 Å². The average molecular weight is 276 g/mol. The molecule has 106 valence electrons. The van der Waals surface area contributed by atoms with Crippen molar-refractivity contribution in [3.63, 3.8) is 0 Å². The van der Waals surface area contributed by atoms with Gasteiger partial charge in [0.25, 0.3) is 0 Å². The summed E-state index contributed by atoms with van der Waals surface area (Å²) in [6.45, 7) is 0. The van der Waals surface area contributed by atoms with Gasteiger partial charge in [0.05, 0.1) is 20.3 Å². The van der Waals surface area contributed by atoms with Crippen molar-refractivity contribution in [1.29, 1.82) is 0 Å². The van der Waals surface area contributed by atoms with Gasteiger partial charge in [0.15, 0.2) is 11.5 Å². The second kappa shape index (κ2) is 6.39. The highest BCUT2D eigenvalue weighted by Crippen LogP contribution is 2.35. The minimum absolute atomic E-state index is 0.290. The summed E-state index contributed by atoms with van der Waals surface area (Å²) in [5.74, 6) is 0.801. The van der Waals surface area contributed by atoms with Gasteiger partial charge >= 0.3 is 0 Å². The van der Waals surface area contributed by atoms with Crippen molar-refractivity contribution < 1.29 is 19.0 Å². The monoisotopic (exact) mass is 276 g/mol. The lowest BCUT2D eigenvalue weighted by atomic mass is 10.0. The summed E-state index contributed by atoms with van der Waals surface area (Å²) in [6.07, 6.45) is -0.366. The van der Waals surface area contributed by atoms with Crippen molar-refractivity contribution in [2.24, 2.45) is 0 Å². The van der Waals surface area contributed by atoms with E-state index >= 15 is 0 Å². The number of hydrogen-bond donors (Lipinski definition) is 1. The highest BCUT2D eigenvalue weighted by molar-refractivity contribution is 5.48. The molecule has 0 aromatic heterocycles. The molecule has 2 aromatic carbocycles. The van der Waals surface area contributed by atoms with Crippen LogP contribution in [0.1, 0.15) is 17.2 Å². The molecule has 1 atom stereocenters. The second-order valence-corrected chi connectivity index (χ2v) is 4.43. The Labute approximate surface area is 117 Å². The van der Waals surface area contributed by atoms with Crippen LogP contribution in [-0.2, 0) is 6.42 Å². The van der Waals surface area contributed by atoms with Crippen molar-refractivity contribution in [1.82, 2.24) is 0 Å². The van der Waals surface area contributed by atoms with Gasteiger partial charge in [-0.1, -0.05) is 24.3 Å². The van der Waals surface area contributed by atoms with Gasteiger partial charge in [-0.2, -0.15) is 0 Å². The van der Waals surface area contributed by atoms with Gasteiger partial charge in [0.2, 0.25) is 0 Å². The molecule has 0 aliphatic heterocycles. The molecular weight excluding hydrogens is 259 g/mol. The number of aliphatic hydroxyl groups is 1. The fraction of sp³-hybridized carbons (Fsp3) is 0.250. The van der Waals surface area contributed by atoms with Crippen LogP contribution in [0.4, 0.5) is 4.39 Å². The van der Waals surface area contributed by atoms with Crippen molar-refractivity contribution >= 4 is 0 Å². The molecule has 0 aliphatic rings. The topological polar surface area (TPSA) is 38.7 Å². The van der Waals surface area contributed by atoms with Gasteiger partial charge in [-0.3, -0.25) is 0 Å². The van der Waals surface area contributed by atoms with Crippen LogP contribution in [0.3, 0.4) is 0 Å². The van der Waals surface area contributed by atoms with E-state index in [1.54, 1.807) is 37.4 Å². The molecule has 0 spiro atoms. The lowest BCUT2D eigenvalue weighted by Gasteiger charge is -2.17. The van der Waals surface area contributed by atoms with Crippen LogP contribution in [0, 0.1) is 5.82 Å². The molecule has 1 N–H and O–H groups in total.